The normalized spacial score (nSPS) is 13.4. The molecule has 8 heteroatoms. The van der Waals surface area contributed by atoms with Gasteiger partial charge < -0.3 is 14.2 Å². The first kappa shape index (κ1) is 16.2. The number of aromatic nitrogens is 2. The van der Waals surface area contributed by atoms with Crippen LogP contribution in [0.25, 0.3) is 11.0 Å². The molecule has 0 saturated carbocycles. The third-order valence-electron chi connectivity index (χ3n) is 4.52. The number of imidazole rings is 1. The monoisotopic (exact) mass is 352 g/mol. The quantitative estimate of drug-likeness (QED) is 0.534. The Bertz CT molecular complexity index is 1010. The third kappa shape index (κ3) is 2.70. The van der Waals surface area contributed by atoms with Gasteiger partial charge in [-0.05, 0) is 30.3 Å². The van der Waals surface area contributed by atoms with E-state index in [2.05, 4.69) is 9.55 Å². The standard InChI is InChI=1S/C18H16N4O4/c1-20(18(23)12-2-4-13(5-3-12)22(24)25)14-6-7-16-15(10-14)19-17-11-26-9-8-21(16)17/h2-7,10H,8-9,11H2,1H3. The molecule has 0 aliphatic carbocycles. The molecule has 1 aliphatic heterocycles. The summed E-state index contributed by atoms with van der Waals surface area (Å²) in [5, 5.41) is 10.7. The molecule has 0 bridgehead atoms. The highest BCUT2D eigenvalue weighted by molar-refractivity contribution is 6.06. The van der Waals surface area contributed by atoms with E-state index in [4.69, 9.17) is 4.74 Å². The van der Waals surface area contributed by atoms with Crippen molar-refractivity contribution in [3.05, 3.63) is 64.0 Å². The summed E-state index contributed by atoms with van der Waals surface area (Å²) in [6.07, 6.45) is 0. The van der Waals surface area contributed by atoms with E-state index in [-0.39, 0.29) is 11.6 Å². The molecule has 8 nitrogen and oxygen atoms in total. The van der Waals surface area contributed by atoms with E-state index in [9.17, 15) is 14.9 Å². The van der Waals surface area contributed by atoms with Gasteiger partial charge in [0, 0.05) is 37.0 Å². The Hall–Kier alpha value is -3.26. The summed E-state index contributed by atoms with van der Waals surface area (Å²) in [6.45, 7) is 1.92. The number of anilines is 1. The molecule has 0 radical (unpaired) electrons. The van der Waals surface area contributed by atoms with Gasteiger partial charge in [0.25, 0.3) is 11.6 Å². The van der Waals surface area contributed by atoms with Crippen LogP contribution in [0.15, 0.2) is 42.5 Å². The van der Waals surface area contributed by atoms with Crippen molar-refractivity contribution < 1.29 is 14.5 Å². The molecule has 0 atom stereocenters. The largest absolute Gasteiger partial charge is 0.372 e. The van der Waals surface area contributed by atoms with Crippen molar-refractivity contribution in [2.24, 2.45) is 0 Å². The van der Waals surface area contributed by atoms with Crippen molar-refractivity contribution >= 4 is 28.3 Å². The Labute approximate surface area is 148 Å². The molecular formula is C18H16N4O4. The number of nitro groups is 1. The van der Waals surface area contributed by atoms with E-state index in [0.717, 1.165) is 23.4 Å². The van der Waals surface area contributed by atoms with Gasteiger partial charge in [0.15, 0.2) is 0 Å². The van der Waals surface area contributed by atoms with Crippen molar-refractivity contribution in [3.8, 4) is 0 Å². The molecule has 0 saturated heterocycles. The predicted octanol–water partition coefficient (Wildman–Crippen LogP) is 2.75. The first-order valence-electron chi connectivity index (χ1n) is 8.14. The molecule has 0 N–H and O–H groups in total. The summed E-state index contributed by atoms with van der Waals surface area (Å²) in [7, 11) is 1.67. The number of fused-ring (bicyclic) bond motifs is 3. The second-order valence-corrected chi connectivity index (χ2v) is 6.07. The fourth-order valence-corrected chi connectivity index (χ4v) is 3.09. The van der Waals surface area contributed by atoms with Gasteiger partial charge in [-0.2, -0.15) is 0 Å². The molecule has 1 aliphatic rings. The second-order valence-electron chi connectivity index (χ2n) is 6.07. The van der Waals surface area contributed by atoms with E-state index >= 15 is 0 Å². The Morgan fingerprint density at radius 1 is 1.27 bits per heavy atom. The third-order valence-corrected chi connectivity index (χ3v) is 4.52. The Balaban J connectivity index is 1.63. The van der Waals surface area contributed by atoms with Crippen LogP contribution in [-0.2, 0) is 17.9 Å². The van der Waals surface area contributed by atoms with E-state index in [1.807, 2.05) is 18.2 Å². The number of carbonyl (C=O) groups is 1. The average molecular weight is 352 g/mol. The van der Waals surface area contributed by atoms with Crippen LogP contribution in [0.5, 0.6) is 0 Å². The molecule has 26 heavy (non-hydrogen) atoms. The first-order chi connectivity index (χ1) is 12.5. The molecule has 2 aromatic carbocycles. The van der Waals surface area contributed by atoms with Gasteiger partial charge in [-0.15, -0.1) is 0 Å². The van der Waals surface area contributed by atoms with Gasteiger partial charge >= 0.3 is 0 Å². The van der Waals surface area contributed by atoms with Crippen molar-refractivity contribution in [3.63, 3.8) is 0 Å². The summed E-state index contributed by atoms with van der Waals surface area (Å²) in [5.74, 6) is 0.638. The van der Waals surface area contributed by atoms with Gasteiger partial charge in [-0.25, -0.2) is 4.98 Å². The summed E-state index contributed by atoms with van der Waals surface area (Å²) in [6, 6.07) is 11.3. The molecule has 2 heterocycles. The van der Waals surface area contributed by atoms with Gasteiger partial charge in [0.05, 0.1) is 22.6 Å². The second kappa shape index (κ2) is 6.23. The number of carbonyl (C=O) groups excluding carboxylic acids is 1. The van der Waals surface area contributed by atoms with Crippen LogP contribution >= 0.6 is 0 Å². The Morgan fingerprint density at radius 3 is 2.77 bits per heavy atom. The van der Waals surface area contributed by atoms with Crippen LogP contribution in [-0.4, -0.2) is 34.0 Å². The number of ether oxygens (including phenoxy) is 1. The summed E-state index contributed by atoms with van der Waals surface area (Å²) < 4.78 is 7.56. The fraction of sp³-hybridized carbons (Fsp3) is 0.222. The van der Waals surface area contributed by atoms with E-state index in [1.165, 1.54) is 29.2 Å². The highest BCUT2D eigenvalue weighted by Gasteiger charge is 2.18. The van der Waals surface area contributed by atoms with Gasteiger partial charge in [-0.1, -0.05) is 0 Å². The van der Waals surface area contributed by atoms with Crippen LogP contribution < -0.4 is 4.90 Å². The highest BCUT2D eigenvalue weighted by atomic mass is 16.6. The smallest absolute Gasteiger partial charge is 0.269 e. The average Bonchev–Trinajstić information content (AvgIpc) is 3.04. The maximum atomic E-state index is 12.7. The number of nitrogens with zero attached hydrogens (tertiary/aromatic N) is 4. The minimum Gasteiger partial charge on any atom is -0.372 e. The van der Waals surface area contributed by atoms with Crippen LogP contribution in [0.3, 0.4) is 0 Å². The summed E-state index contributed by atoms with van der Waals surface area (Å²) in [5.41, 5.74) is 2.87. The maximum absolute atomic E-state index is 12.7. The van der Waals surface area contributed by atoms with Gasteiger partial charge in [-0.3, -0.25) is 14.9 Å². The van der Waals surface area contributed by atoms with Crippen LogP contribution in [0.4, 0.5) is 11.4 Å². The molecule has 0 spiro atoms. The van der Waals surface area contributed by atoms with E-state index in [0.29, 0.717) is 24.5 Å². The summed E-state index contributed by atoms with van der Waals surface area (Å²) in [4.78, 5) is 29.0. The highest BCUT2D eigenvalue weighted by Crippen LogP contribution is 2.25. The lowest BCUT2D eigenvalue weighted by Crippen LogP contribution is -2.26. The van der Waals surface area contributed by atoms with E-state index in [1.54, 1.807) is 7.05 Å². The van der Waals surface area contributed by atoms with Crippen LogP contribution in [0.1, 0.15) is 16.2 Å². The maximum Gasteiger partial charge on any atom is 0.269 e. The molecule has 4 rings (SSSR count). The van der Waals surface area contributed by atoms with Gasteiger partial charge in [0.1, 0.15) is 12.4 Å². The number of amides is 1. The number of non-ortho nitro benzene ring substituents is 1. The lowest BCUT2D eigenvalue weighted by Gasteiger charge is -2.18. The minimum absolute atomic E-state index is 0.0450. The zero-order valence-electron chi connectivity index (χ0n) is 14.1. The molecule has 132 valence electrons. The SMILES string of the molecule is CN(C(=O)c1ccc([N+](=O)[O-])cc1)c1ccc2c(c1)nc1n2CCOC1. The number of benzene rings is 2. The molecule has 1 amide bonds. The Kier molecular flexibility index (Phi) is 3.89. The van der Waals surface area contributed by atoms with Gasteiger partial charge in [0.2, 0.25) is 0 Å². The molecule has 0 fully saturated rings. The topological polar surface area (TPSA) is 90.5 Å². The van der Waals surface area contributed by atoms with Crippen LogP contribution in [0, 0.1) is 10.1 Å². The molecule has 1 aromatic heterocycles. The number of hydrogen-bond donors (Lipinski definition) is 0. The van der Waals surface area contributed by atoms with Crippen molar-refractivity contribution in [2.75, 3.05) is 18.6 Å². The Morgan fingerprint density at radius 2 is 2.04 bits per heavy atom. The lowest BCUT2D eigenvalue weighted by molar-refractivity contribution is -0.384. The summed E-state index contributed by atoms with van der Waals surface area (Å²) >= 11 is 0. The fourth-order valence-electron chi connectivity index (χ4n) is 3.09. The minimum atomic E-state index is -0.490. The molecular weight excluding hydrogens is 336 g/mol. The van der Waals surface area contributed by atoms with Crippen molar-refractivity contribution in [1.82, 2.24) is 9.55 Å². The van der Waals surface area contributed by atoms with E-state index < -0.39 is 4.92 Å². The number of rotatable bonds is 3. The molecule has 0 unspecified atom stereocenters. The zero-order valence-corrected chi connectivity index (χ0v) is 14.1. The molecule has 3 aromatic rings. The first-order valence-corrected chi connectivity index (χ1v) is 8.14. The number of hydrogen-bond acceptors (Lipinski definition) is 5. The predicted molar refractivity (Wildman–Crippen MR) is 95.2 cm³/mol. The van der Waals surface area contributed by atoms with Crippen LogP contribution in [0.2, 0.25) is 0 Å². The van der Waals surface area contributed by atoms with Crippen molar-refractivity contribution in [1.29, 1.82) is 0 Å². The lowest BCUT2D eigenvalue weighted by atomic mass is 10.1. The number of nitro benzene ring substituents is 1. The zero-order chi connectivity index (χ0) is 18.3. The van der Waals surface area contributed by atoms with Crippen molar-refractivity contribution in [2.45, 2.75) is 13.2 Å².